The van der Waals surface area contributed by atoms with Crippen LogP contribution in [-0.4, -0.2) is 12.6 Å². The summed E-state index contributed by atoms with van der Waals surface area (Å²) < 4.78 is 30.5. The summed E-state index contributed by atoms with van der Waals surface area (Å²) in [6.07, 6.45) is 0.153. The molecule has 0 spiro atoms. The Hall–Kier alpha value is -2.23. The molecule has 21 heavy (non-hydrogen) atoms. The fraction of sp³-hybridized carbons (Fsp3) is 0.235. The van der Waals surface area contributed by atoms with Gasteiger partial charge in [-0.15, -0.1) is 0 Å². The van der Waals surface area contributed by atoms with Crippen LogP contribution in [0.2, 0.25) is 0 Å². The summed E-state index contributed by atoms with van der Waals surface area (Å²) >= 11 is 0. The van der Waals surface area contributed by atoms with Crippen molar-refractivity contribution in [3.05, 3.63) is 54.3 Å². The first-order valence-corrected chi connectivity index (χ1v) is 6.74. The monoisotopic (exact) mass is 290 g/mol. The minimum absolute atomic E-state index is 0.153. The smallest absolute Gasteiger partial charge is 0.314 e. The van der Waals surface area contributed by atoms with Gasteiger partial charge in [-0.3, -0.25) is 9.18 Å². The lowest BCUT2D eigenvalue weighted by Gasteiger charge is -2.10. The van der Waals surface area contributed by atoms with Crippen molar-refractivity contribution in [2.24, 2.45) is 5.92 Å². The number of esters is 1. The molecule has 0 saturated heterocycles. The van der Waals surface area contributed by atoms with E-state index in [9.17, 15) is 13.6 Å². The van der Waals surface area contributed by atoms with Crippen molar-refractivity contribution in [2.75, 3.05) is 6.67 Å². The second-order valence-electron chi connectivity index (χ2n) is 4.83. The molecule has 110 valence electrons. The number of alkyl halides is 1. The molecule has 0 aliphatic heterocycles. The van der Waals surface area contributed by atoms with Gasteiger partial charge < -0.3 is 4.74 Å². The van der Waals surface area contributed by atoms with Gasteiger partial charge in [0.2, 0.25) is 0 Å². The van der Waals surface area contributed by atoms with E-state index >= 15 is 0 Å². The van der Waals surface area contributed by atoms with Crippen molar-refractivity contribution >= 4 is 5.97 Å². The van der Waals surface area contributed by atoms with Crippen molar-refractivity contribution in [3.8, 4) is 16.9 Å². The van der Waals surface area contributed by atoms with E-state index in [0.717, 1.165) is 11.1 Å². The highest BCUT2D eigenvalue weighted by atomic mass is 19.1. The van der Waals surface area contributed by atoms with E-state index in [4.69, 9.17) is 4.74 Å². The highest BCUT2D eigenvalue weighted by Crippen LogP contribution is 2.23. The van der Waals surface area contributed by atoms with E-state index < -0.39 is 18.6 Å². The lowest BCUT2D eigenvalue weighted by Crippen LogP contribution is -2.18. The maximum atomic E-state index is 13.2. The van der Waals surface area contributed by atoms with Crippen LogP contribution < -0.4 is 4.74 Å². The second kappa shape index (κ2) is 6.97. The van der Waals surface area contributed by atoms with E-state index in [2.05, 4.69) is 0 Å². The third-order valence-corrected chi connectivity index (χ3v) is 3.18. The molecule has 0 amide bonds. The molecule has 0 bridgehead atoms. The normalized spacial score (nSPS) is 12.0. The Morgan fingerprint density at radius 3 is 2.48 bits per heavy atom. The van der Waals surface area contributed by atoms with Gasteiger partial charge in [0, 0.05) is 0 Å². The molecule has 0 heterocycles. The molecule has 2 aromatic rings. The van der Waals surface area contributed by atoms with Crippen LogP contribution in [0.3, 0.4) is 0 Å². The number of rotatable bonds is 5. The predicted octanol–water partition coefficient (Wildman–Crippen LogP) is 4.39. The molecule has 0 aliphatic carbocycles. The van der Waals surface area contributed by atoms with Gasteiger partial charge in [0.15, 0.2) is 0 Å². The first kappa shape index (κ1) is 15.2. The molecule has 0 fully saturated rings. The van der Waals surface area contributed by atoms with Gasteiger partial charge in [-0.05, 0) is 41.8 Å². The summed E-state index contributed by atoms with van der Waals surface area (Å²) in [5, 5.41) is 0. The van der Waals surface area contributed by atoms with Gasteiger partial charge in [0.25, 0.3) is 0 Å². The molecule has 0 aromatic heterocycles. The Kier molecular flexibility index (Phi) is 5.04. The van der Waals surface area contributed by atoms with Crippen LogP contribution in [0.4, 0.5) is 8.78 Å². The first-order valence-electron chi connectivity index (χ1n) is 6.74. The van der Waals surface area contributed by atoms with Crippen LogP contribution in [0.1, 0.15) is 13.3 Å². The van der Waals surface area contributed by atoms with Crippen LogP contribution in [0.25, 0.3) is 11.1 Å². The van der Waals surface area contributed by atoms with Crippen molar-refractivity contribution < 1.29 is 18.3 Å². The summed E-state index contributed by atoms with van der Waals surface area (Å²) in [5.74, 6) is -0.835. The predicted molar refractivity (Wildman–Crippen MR) is 77.2 cm³/mol. The third kappa shape index (κ3) is 4.12. The minimum Gasteiger partial charge on any atom is -0.426 e. The summed E-state index contributed by atoms with van der Waals surface area (Å²) in [5.41, 5.74) is 1.57. The average Bonchev–Trinajstić information content (AvgIpc) is 2.48. The second-order valence-corrected chi connectivity index (χ2v) is 4.83. The van der Waals surface area contributed by atoms with E-state index in [1.807, 2.05) is 0 Å². The molecule has 0 N–H and O–H groups in total. The van der Waals surface area contributed by atoms with Gasteiger partial charge in [0.1, 0.15) is 11.6 Å². The molecule has 1 atom stereocenters. The number of carbonyl (C=O) groups is 1. The van der Waals surface area contributed by atoms with Crippen molar-refractivity contribution in [1.29, 1.82) is 0 Å². The van der Waals surface area contributed by atoms with Gasteiger partial charge in [-0.1, -0.05) is 31.2 Å². The molecule has 0 aliphatic rings. The molecule has 0 radical (unpaired) electrons. The van der Waals surface area contributed by atoms with Crippen LogP contribution >= 0.6 is 0 Å². The zero-order chi connectivity index (χ0) is 15.2. The molecule has 4 heteroatoms. The van der Waals surface area contributed by atoms with Crippen molar-refractivity contribution in [3.63, 3.8) is 0 Å². The fourth-order valence-electron chi connectivity index (χ4n) is 1.88. The zero-order valence-electron chi connectivity index (χ0n) is 11.7. The number of benzene rings is 2. The number of hydrogen-bond acceptors (Lipinski definition) is 2. The highest BCUT2D eigenvalue weighted by molar-refractivity contribution is 5.75. The Morgan fingerprint density at radius 2 is 1.86 bits per heavy atom. The largest absolute Gasteiger partial charge is 0.426 e. The molecule has 0 unspecified atom stereocenters. The number of hydrogen-bond donors (Lipinski definition) is 0. The molecular formula is C17H16F2O2. The third-order valence-electron chi connectivity index (χ3n) is 3.18. The molecule has 2 aromatic carbocycles. The summed E-state index contributed by atoms with van der Waals surface area (Å²) in [4.78, 5) is 11.7. The van der Waals surface area contributed by atoms with Crippen LogP contribution in [-0.2, 0) is 4.79 Å². The van der Waals surface area contributed by atoms with Crippen LogP contribution in [0.5, 0.6) is 5.75 Å². The summed E-state index contributed by atoms with van der Waals surface area (Å²) in [7, 11) is 0. The molecule has 0 saturated carbocycles. The van der Waals surface area contributed by atoms with Crippen molar-refractivity contribution in [2.45, 2.75) is 13.3 Å². The van der Waals surface area contributed by atoms with Gasteiger partial charge in [-0.25, -0.2) is 4.39 Å². The minimum atomic E-state index is -0.547. The lowest BCUT2D eigenvalue weighted by molar-refractivity contribution is -0.138. The van der Waals surface area contributed by atoms with Gasteiger partial charge in [-0.2, -0.15) is 0 Å². The summed E-state index contributed by atoms with van der Waals surface area (Å²) in [6.45, 7) is 1.08. The van der Waals surface area contributed by atoms with Crippen molar-refractivity contribution in [1.82, 2.24) is 0 Å². The average molecular weight is 290 g/mol. The SMILES string of the molecule is C[C@@H](CCF)C(=O)Oc1ccc(-c2cccc(F)c2)cc1. The van der Waals surface area contributed by atoms with E-state index in [1.165, 1.54) is 12.1 Å². The first-order chi connectivity index (χ1) is 10.1. The Balaban J connectivity index is 2.07. The number of ether oxygens (including phenoxy) is 1. The van der Waals surface area contributed by atoms with E-state index in [1.54, 1.807) is 43.3 Å². The van der Waals surface area contributed by atoms with Gasteiger partial charge in [0.05, 0.1) is 12.6 Å². The standard InChI is InChI=1S/C17H16F2O2/c1-12(9-10-18)17(20)21-16-7-5-13(6-8-16)14-3-2-4-15(19)11-14/h2-8,11-12H,9-10H2,1H3/t12-/m0/s1. The van der Waals surface area contributed by atoms with E-state index in [-0.39, 0.29) is 12.2 Å². The molecule has 2 nitrogen and oxygen atoms in total. The topological polar surface area (TPSA) is 26.3 Å². The van der Waals surface area contributed by atoms with E-state index in [0.29, 0.717) is 5.75 Å². The fourth-order valence-corrected chi connectivity index (χ4v) is 1.88. The highest BCUT2D eigenvalue weighted by Gasteiger charge is 2.14. The van der Waals surface area contributed by atoms with Crippen LogP contribution in [0, 0.1) is 11.7 Å². The summed E-state index contributed by atoms with van der Waals surface area (Å²) in [6, 6.07) is 13.0. The number of carbonyl (C=O) groups excluding carboxylic acids is 1. The molecule has 2 rings (SSSR count). The Labute approximate surface area is 122 Å². The lowest BCUT2D eigenvalue weighted by atomic mass is 10.1. The Morgan fingerprint density at radius 1 is 1.14 bits per heavy atom. The Bertz CT molecular complexity index is 608. The maximum absolute atomic E-state index is 13.2. The molecular weight excluding hydrogens is 274 g/mol. The van der Waals surface area contributed by atoms with Crippen LogP contribution in [0.15, 0.2) is 48.5 Å². The zero-order valence-corrected chi connectivity index (χ0v) is 11.7. The van der Waals surface area contributed by atoms with Gasteiger partial charge >= 0.3 is 5.97 Å². The maximum Gasteiger partial charge on any atom is 0.314 e. The quantitative estimate of drug-likeness (QED) is 0.603. The number of halogens is 2.